The van der Waals surface area contributed by atoms with Crippen LogP contribution in [0.15, 0.2) is 24.3 Å². The van der Waals surface area contributed by atoms with Gasteiger partial charge in [0.25, 0.3) is 0 Å². The monoisotopic (exact) mass is 280 g/mol. The van der Waals surface area contributed by atoms with Crippen molar-refractivity contribution < 1.29 is 4.79 Å². The number of amides is 1. The summed E-state index contributed by atoms with van der Waals surface area (Å²) in [6.45, 7) is 4.87. The number of likely N-dealkylation sites (N-methyl/N-ethyl adjacent to an activating group) is 1. The van der Waals surface area contributed by atoms with E-state index < -0.39 is 0 Å². The summed E-state index contributed by atoms with van der Waals surface area (Å²) in [5.41, 5.74) is 1.06. The summed E-state index contributed by atoms with van der Waals surface area (Å²) in [7, 11) is 0. The highest BCUT2D eigenvalue weighted by molar-refractivity contribution is 6.30. The van der Waals surface area contributed by atoms with Gasteiger partial charge in [0.15, 0.2) is 0 Å². The molecule has 4 heteroatoms. The molecule has 0 spiro atoms. The summed E-state index contributed by atoms with van der Waals surface area (Å²) in [6, 6.07) is 7.67. The summed E-state index contributed by atoms with van der Waals surface area (Å²) < 4.78 is 0. The molecule has 1 saturated heterocycles. The standard InChI is InChI=1S/C15H21ClN2O/c1-3-5-9-13-15(19)18(4-2)14(17-13)11-7-6-8-12(16)10-11/h6-8,10,13-14,17H,3-5,9H2,1-2H3. The number of nitrogens with zero attached hydrogens (tertiary/aromatic N) is 1. The molecule has 2 atom stereocenters. The Hall–Kier alpha value is -1.06. The minimum Gasteiger partial charge on any atom is -0.322 e. The third kappa shape index (κ3) is 3.10. The van der Waals surface area contributed by atoms with Gasteiger partial charge in [0.2, 0.25) is 5.91 Å². The molecule has 1 amide bonds. The van der Waals surface area contributed by atoms with Crippen molar-refractivity contribution in [3.05, 3.63) is 34.9 Å². The van der Waals surface area contributed by atoms with Crippen molar-refractivity contribution >= 4 is 17.5 Å². The molecule has 1 heterocycles. The van der Waals surface area contributed by atoms with Crippen molar-refractivity contribution in [3.8, 4) is 0 Å². The minimum atomic E-state index is -0.0520. The average Bonchev–Trinajstić information content (AvgIpc) is 2.73. The molecule has 2 unspecified atom stereocenters. The predicted molar refractivity (Wildman–Crippen MR) is 78.0 cm³/mol. The lowest BCUT2D eigenvalue weighted by atomic mass is 10.1. The van der Waals surface area contributed by atoms with E-state index in [1.807, 2.05) is 36.1 Å². The number of carbonyl (C=O) groups is 1. The highest BCUT2D eigenvalue weighted by atomic mass is 35.5. The number of unbranched alkanes of at least 4 members (excludes halogenated alkanes) is 1. The Morgan fingerprint density at radius 3 is 2.79 bits per heavy atom. The van der Waals surface area contributed by atoms with E-state index in [1.54, 1.807) is 0 Å². The zero-order valence-corrected chi connectivity index (χ0v) is 12.3. The molecule has 0 aromatic heterocycles. The summed E-state index contributed by atoms with van der Waals surface area (Å²) in [6.07, 6.45) is 3.05. The first-order chi connectivity index (χ1) is 9.17. The topological polar surface area (TPSA) is 32.3 Å². The van der Waals surface area contributed by atoms with Gasteiger partial charge < -0.3 is 4.90 Å². The van der Waals surface area contributed by atoms with Gasteiger partial charge in [0.05, 0.1) is 6.04 Å². The molecular weight excluding hydrogens is 260 g/mol. The lowest BCUT2D eigenvalue weighted by Gasteiger charge is -2.23. The van der Waals surface area contributed by atoms with Crippen LogP contribution >= 0.6 is 11.6 Å². The molecule has 0 saturated carbocycles. The SMILES string of the molecule is CCCCC1NC(c2cccc(Cl)c2)N(CC)C1=O. The van der Waals surface area contributed by atoms with E-state index in [4.69, 9.17) is 11.6 Å². The maximum atomic E-state index is 12.3. The van der Waals surface area contributed by atoms with Crippen molar-refractivity contribution in [2.45, 2.75) is 45.3 Å². The largest absolute Gasteiger partial charge is 0.322 e. The number of carbonyl (C=O) groups excluding carboxylic acids is 1. The first-order valence-electron chi connectivity index (χ1n) is 6.99. The van der Waals surface area contributed by atoms with Crippen LogP contribution in [0.3, 0.4) is 0 Å². The molecule has 104 valence electrons. The third-order valence-corrected chi connectivity index (χ3v) is 3.84. The second-order valence-electron chi connectivity index (χ2n) is 4.94. The van der Waals surface area contributed by atoms with Crippen LogP contribution in [-0.2, 0) is 4.79 Å². The van der Waals surface area contributed by atoms with E-state index in [1.165, 1.54) is 0 Å². The molecule has 19 heavy (non-hydrogen) atoms. The van der Waals surface area contributed by atoms with Crippen LogP contribution in [0.1, 0.15) is 44.8 Å². The fraction of sp³-hybridized carbons (Fsp3) is 0.533. The van der Waals surface area contributed by atoms with Gasteiger partial charge in [0, 0.05) is 11.6 Å². The zero-order chi connectivity index (χ0) is 13.8. The Bertz CT molecular complexity index is 450. The summed E-state index contributed by atoms with van der Waals surface area (Å²) in [5, 5.41) is 4.15. The van der Waals surface area contributed by atoms with E-state index in [2.05, 4.69) is 12.2 Å². The minimum absolute atomic E-state index is 0.0435. The quantitative estimate of drug-likeness (QED) is 0.897. The molecule has 1 fully saturated rings. The summed E-state index contributed by atoms with van der Waals surface area (Å²) in [4.78, 5) is 14.2. The van der Waals surface area contributed by atoms with Gasteiger partial charge in [-0.15, -0.1) is 0 Å². The van der Waals surface area contributed by atoms with Crippen molar-refractivity contribution in [1.82, 2.24) is 10.2 Å². The molecule has 0 bridgehead atoms. The molecule has 0 radical (unpaired) electrons. The van der Waals surface area contributed by atoms with Crippen LogP contribution in [0, 0.1) is 0 Å². The maximum Gasteiger partial charge on any atom is 0.241 e. The van der Waals surface area contributed by atoms with Crippen molar-refractivity contribution in [2.24, 2.45) is 0 Å². The summed E-state index contributed by atoms with van der Waals surface area (Å²) >= 11 is 6.04. The van der Waals surface area contributed by atoms with E-state index in [0.717, 1.165) is 24.8 Å². The maximum absolute atomic E-state index is 12.3. The lowest BCUT2D eigenvalue weighted by molar-refractivity contribution is -0.130. The summed E-state index contributed by atoms with van der Waals surface area (Å²) in [5.74, 6) is 0.209. The van der Waals surface area contributed by atoms with Crippen LogP contribution in [0.4, 0.5) is 0 Å². The highest BCUT2D eigenvalue weighted by Gasteiger charge is 2.37. The zero-order valence-electron chi connectivity index (χ0n) is 11.5. The Morgan fingerprint density at radius 1 is 1.37 bits per heavy atom. The van der Waals surface area contributed by atoms with Crippen LogP contribution < -0.4 is 5.32 Å². The number of rotatable bonds is 5. The molecule has 1 aliphatic heterocycles. The second kappa shape index (κ2) is 6.40. The van der Waals surface area contributed by atoms with Crippen LogP contribution in [-0.4, -0.2) is 23.4 Å². The predicted octanol–water partition coefficient (Wildman–Crippen LogP) is 3.35. The van der Waals surface area contributed by atoms with Crippen molar-refractivity contribution in [2.75, 3.05) is 6.54 Å². The molecule has 1 N–H and O–H groups in total. The first-order valence-corrected chi connectivity index (χ1v) is 7.37. The van der Waals surface area contributed by atoms with E-state index in [9.17, 15) is 4.79 Å². The molecule has 0 aliphatic carbocycles. The van der Waals surface area contributed by atoms with Gasteiger partial charge in [-0.3, -0.25) is 10.1 Å². The number of benzene rings is 1. The Balaban J connectivity index is 2.18. The number of hydrogen-bond acceptors (Lipinski definition) is 2. The molecule has 3 nitrogen and oxygen atoms in total. The molecule has 2 rings (SSSR count). The van der Waals surface area contributed by atoms with Crippen LogP contribution in [0.5, 0.6) is 0 Å². The third-order valence-electron chi connectivity index (χ3n) is 3.60. The number of hydrogen-bond donors (Lipinski definition) is 1. The van der Waals surface area contributed by atoms with Gasteiger partial charge in [-0.2, -0.15) is 0 Å². The second-order valence-corrected chi connectivity index (χ2v) is 5.38. The lowest BCUT2D eigenvalue weighted by Crippen LogP contribution is -2.30. The van der Waals surface area contributed by atoms with Gasteiger partial charge in [-0.05, 0) is 31.0 Å². The number of halogens is 1. The van der Waals surface area contributed by atoms with Gasteiger partial charge >= 0.3 is 0 Å². The Kier molecular flexibility index (Phi) is 4.83. The van der Waals surface area contributed by atoms with Gasteiger partial charge in [-0.25, -0.2) is 0 Å². The van der Waals surface area contributed by atoms with Gasteiger partial charge in [0.1, 0.15) is 6.17 Å². The fourth-order valence-corrected chi connectivity index (χ4v) is 2.78. The van der Waals surface area contributed by atoms with E-state index in [0.29, 0.717) is 11.6 Å². The smallest absolute Gasteiger partial charge is 0.241 e. The fourth-order valence-electron chi connectivity index (χ4n) is 2.59. The molecule has 1 aromatic rings. The van der Waals surface area contributed by atoms with Crippen molar-refractivity contribution in [3.63, 3.8) is 0 Å². The van der Waals surface area contributed by atoms with Crippen LogP contribution in [0.25, 0.3) is 0 Å². The van der Waals surface area contributed by atoms with Crippen LogP contribution in [0.2, 0.25) is 5.02 Å². The van der Waals surface area contributed by atoms with Crippen molar-refractivity contribution in [1.29, 1.82) is 0 Å². The van der Waals surface area contributed by atoms with Gasteiger partial charge in [-0.1, -0.05) is 43.5 Å². The molecule has 1 aromatic carbocycles. The first kappa shape index (κ1) is 14.4. The normalized spacial score (nSPS) is 23.1. The molecular formula is C15H21ClN2O. The molecule has 1 aliphatic rings. The average molecular weight is 281 g/mol. The van der Waals surface area contributed by atoms with E-state index in [-0.39, 0.29) is 18.1 Å². The number of nitrogens with one attached hydrogen (secondary N) is 1. The Labute approximate surface area is 119 Å². The Morgan fingerprint density at radius 2 is 2.16 bits per heavy atom. The highest BCUT2D eigenvalue weighted by Crippen LogP contribution is 2.28. The van der Waals surface area contributed by atoms with E-state index >= 15 is 0 Å².